The lowest BCUT2D eigenvalue weighted by Gasteiger charge is -2.28. The van der Waals surface area contributed by atoms with Crippen molar-refractivity contribution in [2.24, 2.45) is 0 Å². The number of amides is 2. The predicted octanol–water partition coefficient (Wildman–Crippen LogP) is 3.77. The van der Waals surface area contributed by atoms with Gasteiger partial charge in [-0.15, -0.1) is 0 Å². The molecule has 29 heavy (non-hydrogen) atoms. The number of hydrogen-bond acceptors (Lipinski definition) is 5. The molecule has 1 saturated heterocycles. The lowest BCUT2D eigenvalue weighted by atomic mass is 10.1. The van der Waals surface area contributed by atoms with Crippen LogP contribution in [0.2, 0.25) is 0 Å². The van der Waals surface area contributed by atoms with E-state index in [0.29, 0.717) is 18.9 Å². The van der Waals surface area contributed by atoms with Crippen LogP contribution >= 0.6 is 0 Å². The van der Waals surface area contributed by atoms with Gasteiger partial charge in [-0.25, -0.2) is 4.79 Å². The molecule has 0 radical (unpaired) electrons. The van der Waals surface area contributed by atoms with Crippen LogP contribution in [0.3, 0.4) is 0 Å². The average Bonchev–Trinajstić information content (AvgIpc) is 3.26. The molecule has 158 valence electrons. The summed E-state index contributed by atoms with van der Waals surface area (Å²) >= 11 is 0. The third-order valence-electron chi connectivity index (χ3n) is 4.82. The Labute approximate surface area is 171 Å². The second-order valence-corrected chi connectivity index (χ2v) is 8.42. The van der Waals surface area contributed by atoms with E-state index >= 15 is 0 Å². The van der Waals surface area contributed by atoms with E-state index < -0.39 is 11.7 Å². The zero-order valence-corrected chi connectivity index (χ0v) is 17.6. The van der Waals surface area contributed by atoms with Crippen molar-refractivity contribution in [1.29, 1.82) is 0 Å². The highest BCUT2D eigenvalue weighted by atomic mass is 16.6. The van der Waals surface area contributed by atoms with Crippen molar-refractivity contribution in [1.82, 2.24) is 10.2 Å². The minimum Gasteiger partial charge on any atom is -0.459 e. The number of rotatable bonds is 6. The van der Waals surface area contributed by atoms with E-state index in [9.17, 15) is 9.59 Å². The fourth-order valence-corrected chi connectivity index (χ4v) is 3.37. The van der Waals surface area contributed by atoms with Crippen LogP contribution in [0.15, 0.2) is 28.7 Å². The highest BCUT2D eigenvalue weighted by Gasteiger charge is 2.28. The van der Waals surface area contributed by atoms with E-state index in [2.05, 4.69) is 5.32 Å². The number of aryl methyl sites for hydroxylation is 1. The second-order valence-electron chi connectivity index (χ2n) is 8.42. The standard InChI is InChI=1S/C22H30N2O5/c1-15-17-9-5-6-10-18(17)28-19(15)12-23-20(25)14-24(13-16-8-7-11-27-16)21(26)29-22(2,3)4/h5-6,9-10,16H,7-8,11-14H2,1-4H3,(H,23,25)/t16-/m1/s1. The fourth-order valence-electron chi connectivity index (χ4n) is 3.37. The van der Waals surface area contributed by atoms with Gasteiger partial charge in [0.15, 0.2) is 0 Å². The van der Waals surface area contributed by atoms with Gasteiger partial charge in [-0.3, -0.25) is 9.69 Å². The highest BCUT2D eigenvalue weighted by Crippen LogP contribution is 2.24. The van der Waals surface area contributed by atoms with Crippen LogP contribution in [0.4, 0.5) is 4.79 Å². The monoisotopic (exact) mass is 402 g/mol. The first kappa shape index (κ1) is 21.2. The number of hydrogen-bond donors (Lipinski definition) is 1. The number of nitrogens with zero attached hydrogens (tertiary/aromatic N) is 1. The summed E-state index contributed by atoms with van der Waals surface area (Å²) in [6, 6.07) is 7.76. The van der Waals surface area contributed by atoms with E-state index in [1.807, 2.05) is 31.2 Å². The van der Waals surface area contributed by atoms with Gasteiger partial charge in [-0.1, -0.05) is 18.2 Å². The van der Waals surface area contributed by atoms with Gasteiger partial charge in [0.1, 0.15) is 23.5 Å². The lowest BCUT2D eigenvalue weighted by molar-refractivity contribution is -0.122. The van der Waals surface area contributed by atoms with Gasteiger partial charge < -0.3 is 19.2 Å². The summed E-state index contributed by atoms with van der Waals surface area (Å²) in [6.45, 7) is 8.59. The van der Waals surface area contributed by atoms with E-state index in [0.717, 1.165) is 29.4 Å². The fraction of sp³-hybridized carbons (Fsp3) is 0.545. The van der Waals surface area contributed by atoms with Crippen molar-refractivity contribution in [3.8, 4) is 0 Å². The molecule has 7 nitrogen and oxygen atoms in total. The summed E-state index contributed by atoms with van der Waals surface area (Å²) in [4.78, 5) is 26.6. The van der Waals surface area contributed by atoms with E-state index in [1.54, 1.807) is 20.8 Å². The van der Waals surface area contributed by atoms with Gasteiger partial charge in [-0.05, 0) is 46.6 Å². The minimum absolute atomic E-state index is 0.0621. The van der Waals surface area contributed by atoms with E-state index in [-0.39, 0.29) is 25.1 Å². The molecule has 2 amide bonds. The van der Waals surface area contributed by atoms with Gasteiger partial charge in [0.2, 0.25) is 5.91 Å². The number of benzene rings is 1. The van der Waals surface area contributed by atoms with Crippen LogP contribution < -0.4 is 5.32 Å². The first-order chi connectivity index (χ1) is 13.7. The van der Waals surface area contributed by atoms with Crippen molar-refractivity contribution < 1.29 is 23.5 Å². The molecule has 1 aromatic carbocycles. The third-order valence-corrected chi connectivity index (χ3v) is 4.82. The van der Waals surface area contributed by atoms with Crippen molar-refractivity contribution in [3.05, 3.63) is 35.6 Å². The number of fused-ring (bicyclic) bond motifs is 1. The summed E-state index contributed by atoms with van der Waals surface area (Å²) in [5.41, 5.74) is 1.17. The molecule has 1 fully saturated rings. The molecule has 2 aromatic rings. The summed E-state index contributed by atoms with van der Waals surface area (Å²) in [6.07, 6.45) is 1.26. The molecule has 1 aliphatic rings. The number of ether oxygens (including phenoxy) is 2. The smallest absolute Gasteiger partial charge is 0.410 e. The van der Waals surface area contributed by atoms with Gasteiger partial charge in [0.05, 0.1) is 19.2 Å². The molecule has 0 unspecified atom stereocenters. The minimum atomic E-state index is -0.631. The SMILES string of the molecule is Cc1c(CNC(=O)CN(C[C@H]2CCCO2)C(=O)OC(C)(C)C)oc2ccccc12. The molecule has 0 spiro atoms. The maximum atomic E-state index is 12.6. The quantitative estimate of drug-likeness (QED) is 0.795. The number of carbonyl (C=O) groups excluding carboxylic acids is 2. The van der Waals surface area contributed by atoms with Gasteiger partial charge in [-0.2, -0.15) is 0 Å². The Hall–Kier alpha value is -2.54. The highest BCUT2D eigenvalue weighted by molar-refractivity contribution is 5.83. The molecular formula is C22H30N2O5. The Kier molecular flexibility index (Phi) is 6.47. The van der Waals surface area contributed by atoms with Crippen LogP contribution in [0.5, 0.6) is 0 Å². The van der Waals surface area contributed by atoms with Crippen LogP contribution in [-0.4, -0.2) is 48.3 Å². The first-order valence-electron chi connectivity index (χ1n) is 10.1. The van der Waals surface area contributed by atoms with Gasteiger partial charge >= 0.3 is 6.09 Å². The lowest BCUT2D eigenvalue weighted by Crippen LogP contribution is -2.46. The van der Waals surface area contributed by atoms with Crippen molar-refractivity contribution in [3.63, 3.8) is 0 Å². The first-order valence-corrected chi connectivity index (χ1v) is 10.1. The van der Waals surface area contributed by atoms with Crippen LogP contribution in [0, 0.1) is 6.92 Å². The largest absolute Gasteiger partial charge is 0.459 e. The second kappa shape index (κ2) is 8.86. The maximum absolute atomic E-state index is 12.6. The molecule has 1 aromatic heterocycles. The zero-order valence-electron chi connectivity index (χ0n) is 17.6. The van der Waals surface area contributed by atoms with E-state index in [1.165, 1.54) is 4.90 Å². The molecule has 1 atom stereocenters. The Morgan fingerprint density at radius 3 is 2.69 bits per heavy atom. The Bertz CT molecular complexity index is 862. The van der Waals surface area contributed by atoms with Crippen molar-refractivity contribution >= 4 is 23.0 Å². The Morgan fingerprint density at radius 1 is 1.28 bits per heavy atom. The van der Waals surface area contributed by atoms with Crippen molar-refractivity contribution in [2.75, 3.05) is 19.7 Å². The molecule has 1 N–H and O–H groups in total. The molecule has 0 aliphatic carbocycles. The average molecular weight is 402 g/mol. The Morgan fingerprint density at radius 2 is 2.03 bits per heavy atom. The number of carbonyl (C=O) groups is 2. The molecule has 3 rings (SSSR count). The number of para-hydroxylation sites is 1. The Balaban J connectivity index is 1.61. The molecule has 7 heteroatoms. The van der Waals surface area contributed by atoms with Crippen LogP contribution in [0.25, 0.3) is 11.0 Å². The summed E-state index contributed by atoms with van der Waals surface area (Å²) in [5.74, 6) is 0.441. The number of furan rings is 1. The summed E-state index contributed by atoms with van der Waals surface area (Å²) in [7, 11) is 0. The molecule has 2 heterocycles. The third kappa shape index (κ3) is 5.73. The summed E-state index contributed by atoms with van der Waals surface area (Å²) in [5, 5.41) is 3.88. The molecule has 1 aliphatic heterocycles. The van der Waals surface area contributed by atoms with Crippen molar-refractivity contribution in [2.45, 2.75) is 58.8 Å². The maximum Gasteiger partial charge on any atom is 0.410 e. The molecular weight excluding hydrogens is 372 g/mol. The van der Waals surface area contributed by atoms with Crippen LogP contribution in [-0.2, 0) is 20.8 Å². The molecule has 0 bridgehead atoms. The summed E-state index contributed by atoms with van der Waals surface area (Å²) < 4.78 is 16.9. The van der Waals surface area contributed by atoms with Crippen LogP contribution in [0.1, 0.15) is 44.9 Å². The normalized spacial score (nSPS) is 16.8. The van der Waals surface area contributed by atoms with E-state index in [4.69, 9.17) is 13.9 Å². The number of nitrogens with one attached hydrogen (secondary N) is 1. The van der Waals surface area contributed by atoms with Gasteiger partial charge in [0, 0.05) is 17.6 Å². The molecule has 0 saturated carbocycles. The topological polar surface area (TPSA) is 81.0 Å². The zero-order chi connectivity index (χ0) is 21.0. The predicted molar refractivity (Wildman–Crippen MR) is 110 cm³/mol. The van der Waals surface area contributed by atoms with Gasteiger partial charge in [0.25, 0.3) is 0 Å².